The maximum absolute atomic E-state index is 12.6. The van der Waals surface area contributed by atoms with Gasteiger partial charge in [0.25, 0.3) is 15.9 Å². The Hall–Kier alpha value is -2.83. The van der Waals surface area contributed by atoms with Crippen molar-refractivity contribution >= 4 is 33.2 Å². The summed E-state index contributed by atoms with van der Waals surface area (Å²) < 4.78 is 27.3. The van der Waals surface area contributed by atoms with Crippen LogP contribution in [-0.4, -0.2) is 14.3 Å². The number of benzene rings is 3. The van der Waals surface area contributed by atoms with Crippen molar-refractivity contribution in [2.45, 2.75) is 24.8 Å². The Morgan fingerprint density at radius 1 is 0.966 bits per heavy atom. The van der Waals surface area contributed by atoms with Gasteiger partial charge >= 0.3 is 0 Å². The third kappa shape index (κ3) is 5.16. The first-order valence-electron chi connectivity index (χ1n) is 9.01. The van der Waals surface area contributed by atoms with E-state index in [2.05, 4.69) is 10.0 Å². The van der Waals surface area contributed by atoms with E-state index in [0.29, 0.717) is 5.56 Å². The highest BCUT2D eigenvalue weighted by Gasteiger charge is 2.17. The molecule has 0 saturated heterocycles. The van der Waals surface area contributed by atoms with Crippen molar-refractivity contribution in [2.24, 2.45) is 0 Å². The SMILES string of the molecule is Cc1ccc([C@H](C)NC(=O)c2ccc(NS(=O)(=O)c3ccccc3)c(Cl)c2)cc1. The van der Waals surface area contributed by atoms with Gasteiger partial charge in [0.05, 0.1) is 21.6 Å². The smallest absolute Gasteiger partial charge is 0.261 e. The van der Waals surface area contributed by atoms with Crippen molar-refractivity contribution in [1.29, 1.82) is 0 Å². The van der Waals surface area contributed by atoms with Gasteiger partial charge in [0.2, 0.25) is 0 Å². The van der Waals surface area contributed by atoms with Gasteiger partial charge in [-0.2, -0.15) is 0 Å². The lowest BCUT2D eigenvalue weighted by Gasteiger charge is -2.15. The third-order valence-electron chi connectivity index (χ3n) is 4.45. The van der Waals surface area contributed by atoms with Gasteiger partial charge in [-0.25, -0.2) is 8.42 Å². The summed E-state index contributed by atoms with van der Waals surface area (Å²) in [6, 6.07) is 20.2. The largest absolute Gasteiger partial charge is 0.346 e. The van der Waals surface area contributed by atoms with Gasteiger partial charge in [-0.15, -0.1) is 0 Å². The van der Waals surface area contributed by atoms with Crippen molar-refractivity contribution in [3.05, 3.63) is 94.5 Å². The van der Waals surface area contributed by atoms with E-state index >= 15 is 0 Å². The molecule has 0 unspecified atom stereocenters. The predicted molar refractivity (Wildman–Crippen MR) is 116 cm³/mol. The molecule has 0 radical (unpaired) electrons. The molecule has 0 spiro atoms. The van der Waals surface area contributed by atoms with Crippen molar-refractivity contribution in [3.63, 3.8) is 0 Å². The molecule has 2 N–H and O–H groups in total. The Bertz CT molecular complexity index is 1110. The monoisotopic (exact) mass is 428 g/mol. The van der Waals surface area contributed by atoms with Crippen LogP contribution in [-0.2, 0) is 10.0 Å². The van der Waals surface area contributed by atoms with Gasteiger partial charge in [-0.05, 0) is 49.7 Å². The molecule has 0 bridgehead atoms. The van der Waals surface area contributed by atoms with Gasteiger partial charge in [0.1, 0.15) is 0 Å². The van der Waals surface area contributed by atoms with Crippen molar-refractivity contribution in [3.8, 4) is 0 Å². The van der Waals surface area contributed by atoms with Crippen LogP contribution < -0.4 is 10.0 Å². The number of rotatable bonds is 6. The number of hydrogen-bond donors (Lipinski definition) is 2. The average Bonchev–Trinajstić information content (AvgIpc) is 2.70. The first kappa shape index (κ1) is 20.9. The van der Waals surface area contributed by atoms with E-state index in [1.54, 1.807) is 18.2 Å². The second-order valence-electron chi connectivity index (χ2n) is 6.72. The molecule has 150 valence electrons. The number of carbonyl (C=O) groups is 1. The summed E-state index contributed by atoms with van der Waals surface area (Å²) in [5, 5.41) is 3.06. The fraction of sp³-hybridized carbons (Fsp3) is 0.136. The average molecular weight is 429 g/mol. The standard InChI is InChI=1S/C22H21ClN2O3S/c1-15-8-10-17(11-9-15)16(2)24-22(26)18-12-13-21(20(23)14-18)25-29(27,28)19-6-4-3-5-7-19/h3-14,16,25H,1-2H3,(H,24,26)/t16-/m0/s1. The number of nitrogens with one attached hydrogen (secondary N) is 2. The van der Waals surface area contributed by atoms with Crippen LogP contribution in [0.3, 0.4) is 0 Å². The zero-order valence-corrected chi connectivity index (χ0v) is 17.6. The molecule has 29 heavy (non-hydrogen) atoms. The molecule has 0 fully saturated rings. The second kappa shape index (κ2) is 8.68. The second-order valence-corrected chi connectivity index (χ2v) is 8.81. The van der Waals surface area contributed by atoms with Gasteiger partial charge in [0, 0.05) is 5.56 Å². The fourth-order valence-corrected chi connectivity index (χ4v) is 4.15. The van der Waals surface area contributed by atoms with Crippen LogP contribution in [0.4, 0.5) is 5.69 Å². The zero-order valence-electron chi connectivity index (χ0n) is 16.0. The number of aryl methyl sites for hydroxylation is 1. The van der Waals surface area contributed by atoms with Gasteiger partial charge in [-0.1, -0.05) is 59.6 Å². The molecule has 0 aromatic heterocycles. The minimum Gasteiger partial charge on any atom is -0.346 e. The first-order chi connectivity index (χ1) is 13.8. The number of anilines is 1. The maximum atomic E-state index is 12.6. The van der Waals surface area contributed by atoms with Crippen LogP contribution in [0.2, 0.25) is 5.02 Å². The van der Waals surface area contributed by atoms with E-state index in [-0.39, 0.29) is 27.6 Å². The summed E-state index contributed by atoms with van der Waals surface area (Å²) >= 11 is 6.23. The molecule has 0 aliphatic heterocycles. The van der Waals surface area contributed by atoms with Crippen LogP contribution in [0.1, 0.15) is 34.5 Å². The minimum atomic E-state index is -3.76. The quantitative estimate of drug-likeness (QED) is 0.583. The van der Waals surface area contributed by atoms with E-state index in [4.69, 9.17) is 11.6 Å². The Balaban J connectivity index is 1.73. The molecule has 3 aromatic rings. The molecule has 1 amide bonds. The van der Waals surface area contributed by atoms with Crippen molar-refractivity contribution < 1.29 is 13.2 Å². The summed E-state index contributed by atoms with van der Waals surface area (Å²) in [7, 11) is -3.76. The lowest BCUT2D eigenvalue weighted by molar-refractivity contribution is 0.0940. The molecule has 3 aromatic carbocycles. The number of amides is 1. The van der Waals surface area contributed by atoms with Crippen molar-refractivity contribution in [2.75, 3.05) is 4.72 Å². The molecule has 0 aliphatic rings. The number of hydrogen-bond acceptors (Lipinski definition) is 3. The molecule has 0 aliphatic carbocycles. The van der Waals surface area contributed by atoms with Crippen LogP contribution in [0.25, 0.3) is 0 Å². The highest BCUT2D eigenvalue weighted by molar-refractivity contribution is 7.92. The van der Waals surface area contributed by atoms with E-state index < -0.39 is 10.0 Å². The van der Waals surface area contributed by atoms with Crippen LogP contribution in [0.5, 0.6) is 0 Å². The molecule has 7 heteroatoms. The molecule has 1 atom stereocenters. The number of sulfonamides is 1. The summed E-state index contributed by atoms with van der Waals surface area (Å²) in [5.74, 6) is -0.294. The van der Waals surface area contributed by atoms with Crippen LogP contribution in [0, 0.1) is 6.92 Å². The highest BCUT2D eigenvalue weighted by atomic mass is 35.5. The van der Waals surface area contributed by atoms with E-state index in [0.717, 1.165) is 11.1 Å². The van der Waals surface area contributed by atoms with E-state index in [9.17, 15) is 13.2 Å². The van der Waals surface area contributed by atoms with Crippen LogP contribution in [0.15, 0.2) is 77.7 Å². The molecule has 0 saturated carbocycles. The third-order valence-corrected chi connectivity index (χ3v) is 6.15. The first-order valence-corrected chi connectivity index (χ1v) is 10.9. The molecule has 3 rings (SSSR count). The summed E-state index contributed by atoms with van der Waals surface area (Å²) in [5.41, 5.74) is 2.69. The van der Waals surface area contributed by atoms with Gasteiger partial charge in [-0.3, -0.25) is 9.52 Å². The Kier molecular flexibility index (Phi) is 6.25. The van der Waals surface area contributed by atoms with Gasteiger partial charge < -0.3 is 5.32 Å². The predicted octanol–water partition coefficient (Wildman–Crippen LogP) is 4.94. The van der Waals surface area contributed by atoms with Crippen LogP contribution >= 0.6 is 11.6 Å². The Labute approximate surface area is 175 Å². The van der Waals surface area contributed by atoms with Gasteiger partial charge in [0.15, 0.2) is 0 Å². The Morgan fingerprint density at radius 2 is 1.62 bits per heavy atom. The summed E-state index contributed by atoms with van der Waals surface area (Å²) in [6.45, 7) is 3.90. The zero-order chi connectivity index (χ0) is 21.0. The summed E-state index contributed by atoms with van der Waals surface area (Å²) in [6.07, 6.45) is 0. The highest BCUT2D eigenvalue weighted by Crippen LogP contribution is 2.26. The normalized spacial score (nSPS) is 12.2. The fourth-order valence-electron chi connectivity index (χ4n) is 2.76. The molecule has 0 heterocycles. The number of halogens is 1. The molecular formula is C22H21ClN2O3S. The summed E-state index contributed by atoms with van der Waals surface area (Å²) in [4.78, 5) is 12.7. The van der Waals surface area contributed by atoms with Crippen molar-refractivity contribution in [1.82, 2.24) is 5.32 Å². The molecular weight excluding hydrogens is 408 g/mol. The molecule has 5 nitrogen and oxygen atoms in total. The van der Waals surface area contributed by atoms with E-state index in [1.165, 1.54) is 30.3 Å². The number of carbonyl (C=O) groups excluding carboxylic acids is 1. The lowest BCUT2D eigenvalue weighted by atomic mass is 10.1. The maximum Gasteiger partial charge on any atom is 0.261 e. The van der Waals surface area contributed by atoms with E-state index in [1.807, 2.05) is 38.1 Å². The minimum absolute atomic E-state index is 0.129. The lowest BCUT2D eigenvalue weighted by Crippen LogP contribution is -2.26. The topological polar surface area (TPSA) is 75.3 Å². The Morgan fingerprint density at radius 3 is 2.24 bits per heavy atom.